The van der Waals surface area contributed by atoms with E-state index in [4.69, 9.17) is 23.7 Å². The Morgan fingerprint density at radius 1 is 1.08 bits per heavy atom. The van der Waals surface area contributed by atoms with Crippen molar-refractivity contribution in [1.82, 2.24) is 29.8 Å². The lowest BCUT2D eigenvalue weighted by Crippen LogP contribution is -2.61. The Morgan fingerprint density at radius 2 is 1.73 bits per heavy atom. The minimum atomic E-state index is -3.22. The second-order valence-corrected chi connectivity index (χ2v) is 17.6. The second kappa shape index (κ2) is 21.2. The molecule has 3 unspecified atom stereocenters. The third-order valence-electron chi connectivity index (χ3n) is 12.4. The molecule has 1 amide bonds. The van der Waals surface area contributed by atoms with Crippen molar-refractivity contribution in [2.24, 2.45) is 17.8 Å². The largest absolute Gasteiger partial charge is 0.455 e. The van der Waals surface area contributed by atoms with Crippen LogP contribution in [0.5, 0.6) is 0 Å². The molecule has 17 nitrogen and oxygen atoms in total. The summed E-state index contributed by atoms with van der Waals surface area (Å²) in [6, 6.07) is 1.31. The van der Waals surface area contributed by atoms with Crippen molar-refractivity contribution in [3.8, 4) is 23.2 Å². The predicted molar refractivity (Wildman–Crippen MR) is 228 cm³/mol. The summed E-state index contributed by atoms with van der Waals surface area (Å²) >= 11 is 0.250. The van der Waals surface area contributed by atoms with Crippen molar-refractivity contribution in [2.75, 3.05) is 34.0 Å². The standard InChI is InChI=1S/C42H59FN6O11.CH3FS/c1-12-31-42(8)34(49(39(55)60-42)18-14-13-17-48-22-29(45-46-48)28-20-27(50)15-16-44-28)25(4)32(51)23(2)21-40(6,56-11)36(26(5)35(53)41(7,43)38(54)58-31)59-37-33(52)30(47(9)10)19-24(3)57-37;1-3-2/h15-16,20,22-26,30-31,33-34,36-37,52H,12,17-19,21H2,1-11H3,(H,44,50);1H3/t23-,24?,25+,26+,30?,31-,33?,34-,36-,37+,40-,41+,42-;/m1./s1. The highest BCUT2D eigenvalue weighted by molar-refractivity contribution is 7.93. The van der Waals surface area contributed by atoms with Crippen LogP contribution in [-0.4, -0.2) is 152 Å². The van der Waals surface area contributed by atoms with Gasteiger partial charge in [0.15, 0.2) is 23.1 Å². The molecule has 3 aliphatic heterocycles. The maximum absolute atomic E-state index is 16.9. The molecule has 13 atom stereocenters. The van der Waals surface area contributed by atoms with Gasteiger partial charge >= 0.3 is 12.1 Å². The number of pyridine rings is 1. The maximum Gasteiger partial charge on any atom is 0.411 e. The van der Waals surface area contributed by atoms with Crippen molar-refractivity contribution in [1.29, 1.82) is 0 Å². The highest BCUT2D eigenvalue weighted by Gasteiger charge is 2.61. The van der Waals surface area contributed by atoms with Gasteiger partial charge in [-0.2, -0.15) is 3.89 Å². The molecule has 0 radical (unpaired) electrons. The lowest BCUT2D eigenvalue weighted by Gasteiger charge is -2.47. The lowest BCUT2D eigenvalue weighted by molar-refractivity contribution is -0.295. The Kier molecular flexibility index (Phi) is 17.3. The monoisotopic (exact) mass is 908 g/mol. The maximum atomic E-state index is 16.9. The van der Waals surface area contributed by atoms with Crippen LogP contribution in [0.2, 0.25) is 0 Å². The zero-order valence-corrected chi connectivity index (χ0v) is 38.9. The van der Waals surface area contributed by atoms with E-state index < -0.39 is 83.1 Å². The van der Waals surface area contributed by atoms with Gasteiger partial charge in [-0.05, 0) is 61.1 Å². The number of carbonyl (C=O) groups is 4. The van der Waals surface area contributed by atoms with Gasteiger partial charge in [-0.15, -0.1) is 5.10 Å². The normalized spacial score (nSPS) is 35.4. The molecule has 2 aromatic rings. The number of nitrogens with one attached hydrogen (secondary N) is 1. The third-order valence-corrected chi connectivity index (χ3v) is 12.4. The zero-order valence-electron chi connectivity index (χ0n) is 38.0. The molecule has 63 heavy (non-hydrogen) atoms. The quantitative estimate of drug-likeness (QED) is 0.217. The fraction of sp³-hybridized carbons (Fsp3) is 0.698. The van der Waals surface area contributed by atoms with E-state index in [1.54, 1.807) is 33.9 Å². The Labute approximate surface area is 371 Å². The van der Waals surface area contributed by atoms with Gasteiger partial charge in [0.2, 0.25) is 0 Å². The summed E-state index contributed by atoms with van der Waals surface area (Å²) in [7, 11) is 4.99. The minimum Gasteiger partial charge on any atom is -0.455 e. The summed E-state index contributed by atoms with van der Waals surface area (Å²) in [5.74, 6) is -0.252. The molecule has 3 fully saturated rings. The van der Waals surface area contributed by atoms with E-state index in [0.717, 1.165) is 6.92 Å². The van der Waals surface area contributed by atoms with Crippen molar-refractivity contribution < 1.29 is 56.2 Å². The number of hydrogen-bond acceptors (Lipinski definition) is 15. The number of likely N-dealkylation sites (N-methyl/N-ethyl adjacent to an activating group) is 1. The van der Waals surface area contributed by atoms with Gasteiger partial charge in [0.05, 0.1) is 42.3 Å². The summed E-state index contributed by atoms with van der Waals surface area (Å²) in [6.45, 7) is 12.0. The number of aliphatic hydroxyl groups excluding tert-OH is 1. The van der Waals surface area contributed by atoms with Crippen LogP contribution in [0.3, 0.4) is 0 Å². The highest BCUT2D eigenvalue weighted by Crippen LogP contribution is 2.43. The SMILES string of the molecule is CC[C@H]1OC(=O)[C@@](C)(F)C(=O)[C@H](C)[C@@H](O[C@@H]2OC(C)CC(N(C)C)C2O)[C@](C)(OC)C[C@@H](C)C(=O)[C@H](C)[C@H]2N(CC#CCn3cc(-c4cc(=O)cc[nH]4)nn3)C(=O)O[C@]12C.CSF. The van der Waals surface area contributed by atoms with Crippen molar-refractivity contribution in [3.05, 3.63) is 34.7 Å². The highest BCUT2D eigenvalue weighted by atomic mass is 32.2. The van der Waals surface area contributed by atoms with Gasteiger partial charge in [-0.1, -0.05) is 44.7 Å². The molecule has 3 aliphatic rings. The number of aromatic amines is 1. The summed E-state index contributed by atoms with van der Waals surface area (Å²) < 4.78 is 58.9. The molecule has 2 aromatic heterocycles. The van der Waals surface area contributed by atoms with Crippen LogP contribution < -0.4 is 5.43 Å². The van der Waals surface area contributed by atoms with E-state index in [1.807, 2.05) is 25.9 Å². The molecule has 2 N–H and O–H groups in total. The van der Waals surface area contributed by atoms with Crippen LogP contribution in [0.15, 0.2) is 29.3 Å². The second-order valence-electron chi connectivity index (χ2n) is 17.3. The molecule has 0 aromatic carbocycles. The molecule has 20 heteroatoms. The number of ketones is 2. The summed E-state index contributed by atoms with van der Waals surface area (Å²) in [5.41, 5.74) is -5.71. The number of carbonyl (C=O) groups excluding carboxylic acids is 4. The number of amides is 1. The average molecular weight is 909 g/mol. The topological polar surface area (TPSA) is 205 Å². The fourth-order valence-electron chi connectivity index (χ4n) is 9.02. The number of H-pyrrole nitrogens is 1. The minimum absolute atomic E-state index is 0.0265. The number of methoxy groups -OCH3 is 1. The van der Waals surface area contributed by atoms with Crippen LogP contribution in [0, 0.1) is 29.6 Å². The predicted octanol–water partition coefficient (Wildman–Crippen LogP) is 4.17. The summed E-state index contributed by atoms with van der Waals surface area (Å²) in [5, 5.41) is 19.5. The van der Waals surface area contributed by atoms with Crippen LogP contribution in [0.25, 0.3) is 11.4 Å². The molecule has 0 spiro atoms. The van der Waals surface area contributed by atoms with Crippen LogP contribution in [-0.2, 0) is 44.6 Å². The molecular weight excluding hydrogens is 847 g/mol. The third kappa shape index (κ3) is 11.2. The van der Waals surface area contributed by atoms with Gasteiger partial charge in [-0.3, -0.25) is 19.3 Å². The lowest BCUT2D eigenvalue weighted by atomic mass is 9.73. The number of Topliss-reactive ketones (excluding diaryl/α,β-unsaturated/α-hetero) is 2. The Balaban J connectivity index is 0.00000282. The number of rotatable bonds is 8. The number of aliphatic hydroxyl groups is 1. The van der Waals surface area contributed by atoms with E-state index >= 15 is 4.39 Å². The molecule has 3 saturated heterocycles. The van der Waals surface area contributed by atoms with Gasteiger partial charge in [-0.25, -0.2) is 18.7 Å². The van der Waals surface area contributed by atoms with Crippen LogP contribution >= 0.6 is 12.1 Å². The first-order valence-corrected chi connectivity index (χ1v) is 22.0. The molecule has 0 bridgehead atoms. The van der Waals surface area contributed by atoms with Gasteiger partial charge in [0.25, 0.3) is 5.67 Å². The van der Waals surface area contributed by atoms with Gasteiger partial charge < -0.3 is 38.7 Å². The first-order chi connectivity index (χ1) is 29.5. The number of alkyl halides is 1. The number of halogens is 2. The number of cyclic esters (lactones) is 1. The van der Waals surface area contributed by atoms with E-state index in [9.17, 15) is 33.0 Å². The Morgan fingerprint density at radius 3 is 2.33 bits per heavy atom. The van der Waals surface area contributed by atoms with E-state index in [1.165, 1.54) is 55.1 Å². The Bertz CT molecular complexity index is 2060. The first kappa shape index (κ1) is 51.4. The first-order valence-electron chi connectivity index (χ1n) is 20.9. The van der Waals surface area contributed by atoms with E-state index in [0.29, 0.717) is 17.8 Å². The fourth-order valence-corrected chi connectivity index (χ4v) is 9.02. The number of nitrogens with zero attached hydrogens (tertiary/aromatic N) is 5. The average Bonchev–Trinajstić information content (AvgIpc) is 3.81. The molecule has 5 rings (SSSR count). The van der Waals surface area contributed by atoms with Crippen LogP contribution in [0.4, 0.5) is 13.1 Å². The van der Waals surface area contributed by atoms with E-state index in [2.05, 4.69) is 27.1 Å². The van der Waals surface area contributed by atoms with Crippen molar-refractivity contribution in [3.63, 3.8) is 0 Å². The van der Waals surface area contributed by atoms with Crippen molar-refractivity contribution >= 4 is 35.8 Å². The summed E-state index contributed by atoms with van der Waals surface area (Å²) in [4.78, 5) is 74.4. The molecule has 5 heterocycles. The summed E-state index contributed by atoms with van der Waals surface area (Å²) in [6.07, 6.45) is -1.36. The smallest absolute Gasteiger partial charge is 0.411 e. The van der Waals surface area contributed by atoms with E-state index in [-0.39, 0.29) is 61.4 Å². The Hall–Kier alpha value is -4.26. The zero-order chi connectivity index (χ0) is 47.2. The number of ether oxygens (including phenoxy) is 5. The molecular formula is C43H62F2N6O11S. The molecule has 350 valence electrons. The van der Waals surface area contributed by atoms with Crippen LogP contribution in [0.1, 0.15) is 74.7 Å². The van der Waals surface area contributed by atoms with Crippen molar-refractivity contribution in [2.45, 2.75) is 141 Å². The molecule has 0 saturated carbocycles. The van der Waals surface area contributed by atoms with Gasteiger partial charge in [0, 0.05) is 67.6 Å². The number of aromatic nitrogens is 4. The number of esters is 1. The molecule has 0 aliphatic carbocycles. The number of fused-ring (bicyclic) bond motifs is 1. The number of hydrogen-bond donors (Lipinski definition) is 2. The van der Waals surface area contributed by atoms with Gasteiger partial charge in [0.1, 0.15) is 30.2 Å².